The predicted molar refractivity (Wildman–Crippen MR) is 101 cm³/mol. The molecular weight excluding hydrogens is 409 g/mol. The van der Waals surface area contributed by atoms with E-state index in [1.807, 2.05) is 0 Å². The van der Waals surface area contributed by atoms with Gasteiger partial charge in [-0.15, -0.1) is 0 Å². The Morgan fingerprint density at radius 1 is 1.14 bits per heavy atom. The van der Waals surface area contributed by atoms with Crippen molar-refractivity contribution < 1.29 is 31.1 Å². The fraction of sp³-hybridized carbons (Fsp3) is 0.316. The number of nitrogens with zero attached hydrogens (tertiary/aromatic N) is 1. The first-order valence-corrected chi connectivity index (χ1v) is 10.3. The van der Waals surface area contributed by atoms with Crippen molar-refractivity contribution in [2.75, 3.05) is 18.4 Å². The number of hydrogen-bond acceptors (Lipinski definition) is 4. The summed E-state index contributed by atoms with van der Waals surface area (Å²) in [6.45, 7) is 0.815. The molecule has 1 N–H and O–H groups in total. The zero-order chi connectivity index (χ0) is 21.2. The summed E-state index contributed by atoms with van der Waals surface area (Å²) in [5.74, 6) is -0.462. The molecule has 6 nitrogen and oxygen atoms in total. The van der Waals surface area contributed by atoms with E-state index in [1.54, 1.807) is 18.2 Å². The van der Waals surface area contributed by atoms with Crippen LogP contribution >= 0.6 is 0 Å². The van der Waals surface area contributed by atoms with E-state index in [2.05, 4.69) is 4.72 Å². The average molecular weight is 428 g/mol. The third-order valence-electron chi connectivity index (χ3n) is 4.56. The van der Waals surface area contributed by atoms with Crippen LogP contribution in [0, 0.1) is 0 Å². The van der Waals surface area contributed by atoms with Gasteiger partial charge in [-0.25, -0.2) is 13.2 Å². The van der Waals surface area contributed by atoms with Crippen molar-refractivity contribution in [3.63, 3.8) is 0 Å². The number of rotatable bonds is 4. The summed E-state index contributed by atoms with van der Waals surface area (Å²) in [6, 6.07) is 9.05. The first-order chi connectivity index (χ1) is 13.6. The Balaban J connectivity index is 1.71. The second-order valence-electron chi connectivity index (χ2n) is 6.68. The molecule has 1 aliphatic rings. The second-order valence-corrected chi connectivity index (χ2v) is 8.40. The van der Waals surface area contributed by atoms with Crippen LogP contribution in [0.25, 0.3) is 0 Å². The van der Waals surface area contributed by atoms with Gasteiger partial charge >= 0.3 is 12.3 Å². The Morgan fingerprint density at radius 3 is 2.45 bits per heavy atom. The maximum absolute atomic E-state index is 12.6. The van der Waals surface area contributed by atoms with E-state index in [-0.39, 0.29) is 5.56 Å². The minimum absolute atomic E-state index is 0.236. The number of halogens is 3. The second kappa shape index (κ2) is 7.94. The summed E-state index contributed by atoms with van der Waals surface area (Å²) < 4.78 is 69.9. The maximum Gasteiger partial charge on any atom is 0.416 e. The molecule has 0 bridgehead atoms. The standard InChI is InChI=1S/C19H19F3N2O4S/c1-28-18(25)24-9-8-14-4-7-17(10-15(14)11-24)23-29(26,27)12-13-2-5-16(6-3-13)19(20,21)22/h2-7,10,23H,8-9,11-12H2,1H3. The molecule has 1 amide bonds. The molecule has 0 unspecified atom stereocenters. The number of fused-ring (bicyclic) bond motifs is 1. The Kier molecular flexibility index (Phi) is 5.74. The molecule has 0 saturated carbocycles. The van der Waals surface area contributed by atoms with Crippen LogP contribution in [0.5, 0.6) is 0 Å². The Labute approximate surface area is 166 Å². The molecule has 0 fully saturated rings. The number of carbonyl (C=O) groups excluding carboxylic acids is 1. The average Bonchev–Trinajstić information content (AvgIpc) is 2.65. The van der Waals surface area contributed by atoms with Gasteiger partial charge in [0.15, 0.2) is 0 Å². The molecule has 3 rings (SSSR count). The highest BCUT2D eigenvalue weighted by atomic mass is 32.2. The Morgan fingerprint density at radius 2 is 1.83 bits per heavy atom. The lowest BCUT2D eigenvalue weighted by Crippen LogP contribution is -2.35. The van der Waals surface area contributed by atoms with Crippen molar-refractivity contribution in [1.29, 1.82) is 0 Å². The number of nitrogens with one attached hydrogen (secondary N) is 1. The summed E-state index contributed by atoms with van der Waals surface area (Å²) in [4.78, 5) is 13.2. The topological polar surface area (TPSA) is 75.7 Å². The van der Waals surface area contributed by atoms with Crippen LogP contribution in [0.2, 0.25) is 0 Å². The van der Waals surface area contributed by atoms with Gasteiger partial charge in [0.2, 0.25) is 10.0 Å². The first kappa shape index (κ1) is 21.0. The first-order valence-electron chi connectivity index (χ1n) is 8.69. The number of alkyl halides is 3. The molecule has 0 saturated heterocycles. The molecule has 156 valence electrons. The van der Waals surface area contributed by atoms with E-state index in [0.717, 1.165) is 35.4 Å². The fourth-order valence-electron chi connectivity index (χ4n) is 3.13. The van der Waals surface area contributed by atoms with E-state index < -0.39 is 33.6 Å². The molecular formula is C19H19F3N2O4S. The van der Waals surface area contributed by atoms with Gasteiger partial charge in [-0.05, 0) is 47.4 Å². The van der Waals surface area contributed by atoms with Gasteiger partial charge in [0.1, 0.15) is 0 Å². The van der Waals surface area contributed by atoms with Crippen LogP contribution in [-0.2, 0) is 39.7 Å². The van der Waals surface area contributed by atoms with Gasteiger partial charge in [0.25, 0.3) is 0 Å². The summed E-state index contributed by atoms with van der Waals surface area (Å²) in [7, 11) is -2.54. The van der Waals surface area contributed by atoms with Crippen molar-refractivity contribution in [1.82, 2.24) is 4.90 Å². The zero-order valence-electron chi connectivity index (χ0n) is 15.5. The van der Waals surface area contributed by atoms with Gasteiger partial charge in [-0.1, -0.05) is 18.2 Å². The summed E-state index contributed by atoms with van der Waals surface area (Å²) in [5, 5.41) is 0. The van der Waals surface area contributed by atoms with Gasteiger partial charge in [0.05, 0.1) is 18.4 Å². The molecule has 29 heavy (non-hydrogen) atoms. The lowest BCUT2D eigenvalue weighted by molar-refractivity contribution is -0.137. The van der Waals surface area contributed by atoms with Crippen LogP contribution in [0.15, 0.2) is 42.5 Å². The number of ether oxygens (including phenoxy) is 1. The highest BCUT2D eigenvalue weighted by Crippen LogP contribution is 2.29. The largest absolute Gasteiger partial charge is 0.453 e. The van der Waals surface area contributed by atoms with Crippen LogP contribution in [0.3, 0.4) is 0 Å². The molecule has 1 aliphatic heterocycles. The predicted octanol–water partition coefficient (Wildman–Crippen LogP) is 3.77. The van der Waals surface area contributed by atoms with Crippen molar-refractivity contribution in [3.05, 3.63) is 64.7 Å². The number of carbonyl (C=O) groups is 1. The fourth-order valence-corrected chi connectivity index (χ4v) is 4.32. The van der Waals surface area contributed by atoms with E-state index in [0.29, 0.717) is 25.2 Å². The van der Waals surface area contributed by atoms with E-state index >= 15 is 0 Å². The van der Waals surface area contributed by atoms with E-state index in [1.165, 1.54) is 12.0 Å². The maximum atomic E-state index is 12.6. The van der Waals surface area contributed by atoms with Gasteiger partial charge < -0.3 is 9.64 Å². The summed E-state index contributed by atoms with van der Waals surface area (Å²) in [5.41, 5.74) is 1.53. The van der Waals surface area contributed by atoms with Crippen LogP contribution in [-0.4, -0.2) is 33.1 Å². The number of anilines is 1. The van der Waals surface area contributed by atoms with Crippen molar-refractivity contribution in [2.24, 2.45) is 0 Å². The molecule has 0 spiro atoms. The van der Waals surface area contributed by atoms with Crippen LogP contribution in [0.4, 0.5) is 23.7 Å². The molecule has 0 atom stereocenters. The van der Waals surface area contributed by atoms with Crippen molar-refractivity contribution in [3.8, 4) is 0 Å². The SMILES string of the molecule is COC(=O)N1CCc2ccc(NS(=O)(=O)Cc3ccc(C(F)(F)F)cc3)cc2C1. The smallest absolute Gasteiger partial charge is 0.416 e. The molecule has 10 heteroatoms. The van der Waals surface area contributed by atoms with E-state index in [9.17, 15) is 26.4 Å². The molecule has 2 aromatic rings. The molecule has 1 heterocycles. The lowest BCUT2D eigenvalue weighted by atomic mass is 9.99. The number of benzene rings is 2. The molecule has 0 aromatic heterocycles. The molecule has 0 aliphatic carbocycles. The quantitative estimate of drug-likeness (QED) is 0.805. The highest BCUT2D eigenvalue weighted by Gasteiger charge is 2.30. The van der Waals surface area contributed by atoms with Gasteiger partial charge in [0, 0.05) is 18.8 Å². The van der Waals surface area contributed by atoms with Gasteiger partial charge in [-0.2, -0.15) is 13.2 Å². The number of amides is 1. The van der Waals surface area contributed by atoms with Crippen LogP contribution < -0.4 is 4.72 Å². The molecule has 2 aromatic carbocycles. The monoisotopic (exact) mass is 428 g/mol. The number of hydrogen-bond donors (Lipinski definition) is 1. The van der Waals surface area contributed by atoms with E-state index in [4.69, 9.17) is 4.74 Å². The lowest BCUT2D eigenvalue weighted by Gasteiger charge is -2.28. The zero-order valence-corrected chi connectivity index (χ0v) is 16.3. The summed E-state index contributed by atoms with van der Waals surface area (Å²) >= 11 is 0. The Hall–Kier alpha value is -2.75. The summed E-state index contributed by atoms with van der Waals surface area (Å²) in [6.07, 6.45) is -4.30. The third-order valence-corrected chi connectivity index (χ3v) is 5.82. The van der Waals surface area contributed by atoms with Crippen molar-refractivity contribution in [2.45, 2.75) is 24.9 Å². The number of methoxy groups -OCH3 is 1. The molecule has 0 radical (unpaired) electrons. The highest BCUT2D eigenvalue weighted by molar-refractivity contribution is 7.91. The van der Waals surface area contributed by atoms with Gasteiger partial charge in [-0.3, -0.25) is 4.72 Å². The minimum atomic E-state index is -4.48. The number of sulfonamides is 1. The normalized spacial score (nSPS) is 14.3. The Bertz CT molecular complexity index is 1010. The third kappa shape index (κ3) is 5.20. The van der Waals surface area contributed by atoms with Crippen LogP contribution in [0.1, 0.15) is 22.3 Å². The minimum Gasteiger partial charge on any atom is -0.453 e. The van der Waals surface area contributed by atoms with Crippen molar-refractivity contribution >= 4 is 21.8 Å².